The van der Waals surface area contributed by atoms with Crippen LogP contribution in [0.15, 0.2) is 71.6 Å². The van der Waals surface area contributed by atoms with Gasteiger partial charge < -0.3 is 9.47 Å². The summed E-state index contributed by atoms with van der Waals surface area (Å²) in [7, 11) is 0. The average molecular weight is 588 g/mol. The number of amides is 1. The number of anilines is 1. The third-order valence-electron chi connectivity index (χ3n) is 4.90. The molecule has 0 aromatic heterocycles. The van der Waals surface area contributed by atoms with E-state index in [0.717, 1.165) is 20.4 Å². The summed E-state index contributed by atoms with van der Waals surface area (Å²) < 4.78 is 13.5. The summed E-state index contributed by atoms with van der Waals surface area (Å²) >= 11 is 9.03. The van der Waals surface area contributed by atoms with Gasteiger partial charge in [0.2, 0.25) is 0 Å². The van der Waals surface area contributed by atoms with Gasteiger partial charge in [0.1, 0.15) is 6.61 Å². The second-order valence-electron chi connectivity index (χ2n) is 7.39. The summed E-state index contributed by atoms with van der Waals surface area (Å²) in [5.41, 5.74) is 3.92. The fourth-order valence-electron chi connectivity index (χ4n) is 3.45. The van der Waals surface area contributed by atoms with E-state index >= 15 is 0 Å². The fourth-order valence-corrected chi connectivity index (χ4v) is 5.53. The molecule has 168 valence electrons. The maximum atomic E-state index is 13.1. The number of hydrogen-bond donors (Lipinski definition) is 0. The predicted octanol–water partition coefficient (Wildman–Crippen LogP) is 6.98. The van der Waals surface area contributed by atoms with Crippen molar-refractivity contribution < 1.29 is 14.3 Å². The lowest BCUT2D eigenvalue weighted by atomic mass is 10.1. The molecule has 4 rings (SSSR count). The van der Waals surface area contributed by atoms with E-state index in [-0.39, 0.29) is 5.91 Å². The SMILES string of the molecule is CCOc1cc(/C=C2/SC(=S)N(c3ccccc3)C2=O)cc(I)c1OCc1cccc(C)c1. The highest BCUT2D eigenvalue weighted by Crippen LogP contribution is 2.39. The van der Waals surface area contributed by atoms with Crippen molar-refractivity contribution in [3.05, 3.63) is 91.9 Å². The van der Waals surface area contributed by atoms with Gasteiger partial charge in [-0.3, -0.25) is 9.69 Å². The van der Waals surface area contributed by atoms with E-state index in [9.17, 15) is 4.79 Å². The molecule has 0 bridgehead atoms. The van der Waals surface area contributed by atoms with Gasteiger partial charge in [0.25, 0.3) is 5.91 Å². The van der Waals surface area contributed by atoms with Gasteiger partial charge in [-0.2, -0.15) is 0 Å². The molecule has 0 atom stereocenters. The maximum absolute atomic E-state index is 13.1. The summed E-state index contributed by atoms with van der Waals surface area (Å²) in [6, 6.07) is 21.6. The van der Waals surface area contributed by atoms with Crippen molar-refractivity contribution in [1.82, 2.24) is 0 Å². The van der Waals surface area contributed by atoms with E-state index in [1.807, 2.05) is 67.6 Å². The molecule has 7 heteroatoms. The molecule has 1 saturated heterocycles. The van der Waals surface area contributed by atoms with Crippen molar-refractivity contribution in [1.29, 1.82) is 0 Å². The molecule has 3 aromatic carbocycles. The van der Waals surface area contributed by atoms with Crippen LogP contribution in [0, 0.1) is 10.5 Å². The minimum atomic E-state index is -0.121. The van der Waals surface area contributed by atoms with Crippen molar-refractivity contribution in [2.75, 3.05) is 11.5 Å². The Morgan fingerprint density at radius 2 is 1.85 bits per heavy atom. The number of halogens is 1. The number of nitrogens with zero attached hydrogens (tertiary/aromatic N) is 1. The smallest absolute Gasteiger partial charge is 0.270 e. The van der Waals surface area contributed by atoms with E-state index in [1.165, 1.54) is 17.3 Å². The van der Waals surface area contributed by atoms with Crippen LogP contribution in [0.4, 0.5) is 5.69 Å². The molecule has 0 unspecified atom stereocenters. The Morgan fingerprint density at radius 3 is 2.58 bits per heavy atom. The first kappa shape index (κ1) is 23.8. The minimum Gasteiger partial charge on any atom is -0.490 e. The molecular formula is C26H22INO3S2. The summed E-state index contributed by atoms with van der Waals surface area (Å²) in [6.45, 7) is 4.96. The fraction of sp³-hybridized carbons (Fsp3) is 0.154. The van der Waals surface area contributed by atoms with Crippen molar-refractivity contribution in [3.8, 4) is 11.5 Å². The lowest BCUT2D eigenvalue weighted by Gasteiger charge is -2.15. The van der Waals surface area contributed by atoms with E-state index in [4.69, 9.17) is 21.7 Å². The molecule has 0 saturated carbocycles. The van der Waals surface area contributed by atoms with Crippen LogP contribution in [0.25, 0.3) is 6.08 Å². The predicted molar refractivity (Wildman–Crippen MR) is 148 cm³/mol. The van der Waals surface area contributed by atoms with Crippen molar-refractivity contribution in [2.24, 2.45) is 0 Å². The highest BCUT2D eigenvalue weighted by atomic mass is 127. The van der Waals surface area contributed by atoms with Crippen molar-refractivity contribution in [2.45, 2.75) is 20.5 Å². The Labute approximate surface area is 217 Å². The standard InChI is InChI=1S/C26H22INO3S2/c1-3-30-22-14-19(13-21(27)24(22)31-16-18-9-7-8-17(2)12-18)15-23-25(29)28(26(32)33-23)20-10-5-4-6-11-20/h4-15H,3,16H2,1-2H3/b23-15+. The minimum absolute atomic E-state index is 0.121. The molecule has 0 spiro atoms. The normalized spacial score (nSPS) is 14.8. The first-order chi connectivity index (χ1) is 16.0. The largest absolute Gasteiger partial charge is 0.490 e. The molecule has 0 N–H and O–H groups in total. The lowest BCUT2D eigenvalue weighted by molar-refractivity contribution is -0.113. The Balaban J connectivity index is 1.60. The zero-order valence-corrected chi connectivity index (χ0v) is 22.0. The topological polar surface area (TPSA) is 38.8 Å². The van der Waals surface area contributed by atoms with Crippen LogP contribution in [-0.4, -0.2) is 16.8 Å². The van der Waals surface area contributed by atoms with Gasteiger partial charge in [-0.05, 0) is 77.9 Å². The quantitative estimate of drug-likeness (QED) is 0.169. The molecule has 1 amide bonds. The molecule has 4 nitrogen and oxygen atoms in total. The molecule has 0 radical (unpaired) electrons. The molecule has 1 aliphatic rings. The van der Waals surface area contributed by atoms with Crippen LogP contribution in [0.5, 0.6) is 11.5 Å². The maximum Gasteiger partial charge on any atom is 0.270 e. The number of thioether (sulfide) groups is 1. The number of thiocarbonyl (C=S) groups is 1. The van der Waals surface area contributed by atoms with Gasteiger partial charge in [-0.15, -0.1) is 0 Å². The number of benzene rings is 3. The van der Waals surface area contributed by atoms with Gasteiger partial charge in [0.05, 0.1) is 20.8 Å². The van der Waals surface area contributed by atoms with Crippen LogP contribution in [-0.2, 0) is 11.4 Å². The number of aryl methyl sites for hydroxylation is 1. The molecule has 33 heavy (non-hydrogen) atoms. The molecule has 0 aliphatic carbocycles. The van der Waals surface area contributed by atoms with Crippen molar-refractivity contribution in [3.63, 3.8) is 0 Å². The first-order valence-corrected chi connectivity index (χ1v) is 12.7. The summed E-state index contributed by atoms with van der Waals surface area (Å²) in [6.07, 6.45) is 1.86. The third kappa shape index (κ3) is 5.59. The molecular weight excluding hydrogens is 565 g/mol. The van der Waals surface area contributed by atoms with E-state index in [0.29, 0.717) is 33.9 Å². The zero-order valence-electron chi connectivity index (χ0n) is 18.2. The van der Waals surface area contributed by atoms with Gasteiger partial charge in [-0.25, -0.2) is 0 Å². The van der Waals surface area contributed by atoms with Gasteiger partial charge in [0.15, 0.2) is 15.8 Å². The Kier molecular flexibility index (Phi) is 7.72. The Morgan fingerprint density at radius 1 is 1.06 bits per heavy atom. The second-order valence-corrected chi connectivity index (χ2v) is 10.2. The summed E-state index contributed by atoms with van der Waals surface area (Å²) in [5, 5.41) is 0. The van der Waals surface area contributed by atoms with Crippen LogP contribution < -0.4 is 14.4 Å². The number of carbonyl (C=O) groups is 1. The third-order valence-corrected chi connectivity index (χ3v) is 7.01. The summed E-state index contributed by atoms with van der Waals surface area (Å²) in [5.74, 6) is 1.23. The van der Waals surface area contributed by atoms with E-state index in [2.05, 4.69) is 41.6 Å². The van der Waals surface area contributed by atoms with Crippen molar-refractivity contribution >= 4 is 68.6 Å². The highest BCUT2D eigenvalue weighted by Gasteiger charge is 2.33. The Bertz CT molecular complexity index is 1230. The van der Waals surface area contributed by atoms with Crippen LogP contribution in [0.1, 0.15) is 23.6 Å². The number of rotatable bonds is 7. The number of carbonyl (C=O) groups excluding carboxylic acids is 1. The van der Waals surface area contributed by atoms with Gasteiger partial charge >= 0.3 is 0 Å². The first-order valence-electron chi connectivity index (χ1n) is 10.4. The van der Waals surface area contributed by atoms with Gasteiger partial charge in [0, 0.05) is 0 Å². The Hall–Kier alpha value is -2.36. The summed E-state index contributed by atoms with van der Waals surface area (Å²) in [4.78, 5) is 15.2. The van der Waals surface area contributed by atoms with E-state index < -0.39 is 0 Å². The van der Waals surface area contributed by atoms with E-state index in [1.54, 1.807) is 4.90 Å². The molecule has 3 aromatic rings. The number of hydrogen-bond acceptors (Lipinski definition) is 5. The molecule has 1 fully saturated rings. The number of ether oxygens (including phenoxy) is 2. The van der Waals surface area contributed by atoms with Gasteiger partial charge in [-0.1, -0.05) is 72.0 Å². The number of para-hydroxylation sites is 1. The van der Waals surface area contributed by atoms with Crippen LogP contribution in [0.3, 0.4) is 0 Å². The average Bonchev–Trinajstić information content (AvgIpc) is 3.06. The van der Waals surface area contributed by atoms with Crippen LogP contribution in [0.2, 0.25) is 0 Å². The zero-order chi connectivity index (χ0) is 23.4. The lowest BCUT2D eigenvalue weighted by Crippen LogP contribution is -2.27. The monoisotopic (exact) mass is 587 g/mol. The molecule has 1 aliphatic heterocycles. The highest BCUT2D eigenvalue weighted by molar-refractivity contribution is 14.1. The second kappa shape index (κ2) is 10.7. The molecule has 1 heterocycles. The van der Waals surface area contributed by atoms with Crippen LogP contribution >= 0.6 is 46.6 Å².